The maximum atomic E-state index is 14.2. The van der Waals surface area contributed by atoms with Gasteiger partial charge in [0.1, 0.15) is 5.82 Å². The van der Waals surface area contributed by atoms with Crippen molar-refractivity contribution in [3.63, 3.8) is 0 Å². The molecule has 4 heteroatoms. The second-order valence-electron chi connectivity index (χ2n) is 6.14. The highest BCUT2D eigenvalue weighted by molar-refractivity contribution is 5.32. The molecule has 2 aliphatic heterocycles. The molecule has 0 saturated carbocycles. The molecule has 1 aromatic carbocycles. The smallest absolute Gasteiger partial charge is 0.129 e. The van der Waals surface area contributed by atoms with Crippen LogP contribution in [-0.4, -0.2) is 29.1 Å². The van der Waals surface area contributed by atoms with Crippen LogP contribution < -0.4 is 0 Å². The maximum absolute atomic E-state index is 14.2. The van der Waals surface area contributed by atoms with Gasteiger partial charge in [0, 0.05) is 17.6 Å². The molecule has 0 spiro atoms. The van der Waals surface area contributed by atoms with E-state index in [0.29, 0.717) is 30.5 Å². The fraction of sp³-hybridized carbons (Fsp3) is 0.562. The van der Waals surface area contributed by atoms with E-state index >= 15 is 0 Å². The summed E-state index contributed by atoms with van der Waals surface area (Å²) in [5.74, 6) is -0.363. The zero-order chi connectivity index (χ0) is 14.3. The Labute approximate surface area is 118 Å². The summed E-state index contributed by atoms with van der Waals surface area (Å²) in [5, 5.41) is 19.7. The van der Waals surface area contributed by atoms with Gasteiger partial charge in [-0.1, -0.05) is 6.07 Å². The van der Waals surface area contributed by atoms with Crippen LogP contribution >= 0.6 is 0 Å². The van der Waals surface area contributed by atoms with Gasteiger partial charge >= 0.3 is 0 Å². The third-order valence-corrected chi connectivity index (χ3v) is 4.95. The van der Waals surface area contributed by atoms with Crippen LogP contribution in [0.15, 0.2) is 18.2 Å². The van der Waals surface area contributed by atoms with Gasteiger partial charge < -0.3 is 10.0 Å². The summed E-state index contributed by atoms with van der Waals surface area (Å²) in [6.45, 7) is 0. The maximum Gasteiger partial charge on any atom is 0.129 e. The van der Waals surface area contributed by atoms with E-state index in [1.165, 1.54) is 6.07 Å². The Morgan fingerprint density at radius 2 is 2.05 bits per heavy atom. The van der Waals surface area contributed by atoms with Crippen LogP contribution in [-0.2, 0) is 12.0 Å². The Bertz CT molecular complexity index is 552. The number of nitriles is 1. The molecule has 2 atom stereocenters. The summed E-state index contributed by atoms with van der Waals surface area (Å²) in [7, 11) is 2.09. The van der Waals surface area contributed by atoms with E-state index in [4.69, 9.17) is 5.26 Å². The normalized spacial score (nSPS) is 33.1. The second kappa shape index (κ2) is 4.83. The summed E-state index contributed by atoms with van der Waals surface area (Å²) in [6.07, 6.45) is 3.54. The highest BCUT2D eigenvalue weighted by Crippen LogP contribution is 2.45. The number of hydrogen-bond acceptors (Lipinski definition) is 3. The Hall–Kier alpha value is -1.44. The van der Waals surface area contributed by atoms with Gasteiger partial charge in [-0.2, -0.15) is 5.26 Å². The van der Waals surface area contributed by atoms with Crippen LogP contribution in [0.3, 0.4) is 0 Å². The molecular weight excluding hydrogens is 255 g/mol. The van der Waals surface area contributed by atoms with E-state index in [9.17, 15) is 9.50 Å². The molecule has 3 rings (SSSR count). The van der Waals surface area contributed by atoms with Gasteiger partial charge in [-0.3, -0.25) is 0 Å². The summed E-state index contributed by atoms with van der Waals surface area (Å²) in [4.78, 5) is 2.31. The number of hydrogen-bond donors (Lipinski definition) is 1. The van der Waals surface area contributed by atoms with Gasteiger partial charge in [0.15, 0.2) is 0 Å². The summed E-state index contributed by atoms with van der Waals surface area (Å²) in [5.41, 5.74) is 0.0484. The van der Waals surface area contributed by atoms with Gasteiger partial charge in [0.25, 0.3) is 0 Å². The molecular formula is C16H19FN2O. The molecule has 2 unspecified atom stereocenters. The highest BCUT2D eigenvalue weighted by Gasteiger charge is 2.47. The van der Waals surface area contributed by atoms with Gasteiger partial charge in [-0.25, -0.2) is 4.39 Å². The third-order valence-electron chi connectivity index (χ3n) is 4.95. The van der Waals surface area contributed by atoms with Crippen molar-refractivity contribution in [3.8, 4) is 6.07 Å². The Morgan fingerprint density at radius 1 is 1.40 bits per heavy atom. The molecule has 0 aliphatic carbocycles. The molecule has 0 amide bonds. The fourth-order valence-electron chi connectivity index (χ4n) is 3.80. The first-order valence-corrected chi connectivity index (χ1v) is 7.14. The minimum absolute atomic E-state index is 0.246. The molecule has 2 heterocycles. The average Bonchev–Trinajstić information content (AvgIpc) is 2.64. The lowest BCUT2D eigenvalue weighted by atomic mass is 9.80. The molecule has 106 valence electrons. The molecule has 2 fully saturated rings. The van der Waals surface area contributed by atoms with Gasteiger partial charge in [-0.15, -0.1) is 0 Å². The van der Waals surface area contributed by atoms with Crippen molar-refractivity contribution < 1.29 is 9.50 Å². The monoisotopic (exact) mass is 274 g/mol. The van der Waals surface area contributed by atoms with Crippen molar-refractivity contribution in [3.05, 3.63) is 35.1 Å². The number of halogens is 1. The molecule has 1 aromatic rings. The van der Waals surface area contributed by atoms with Crippen LogP contribution in [0.1, 0.15) is 36.8 Å². The minimum Gasteiger partial charge on any atom is -0.385 e. The highest BCUT2D eigenvalue weighted by atomic mass is 19.1. The van der Waals surface area contributed by atoms with Gasteiger partial charge in [0.2, 0.25) is 0 Å². The first-order valence-electron chi connectivity index (χ1n) is 7.14. The Balaban J connectivity index is 1.96. The molecule has 20 heavy (non-hydrogen) atoms. The van der Waals surface area contributed by atoms with Crippen molar-refractivity contribution >= 4 is 0 Å². The first kappa shape index (κ1) is 13.5. The third kappa shape index (κ3) is 2.11. The van der Waals surface area contributed by atoms with Crippen molar-refractivity contribution in [2.75, 3.05) is 7.05 Å². The molecule has 2 aliphatic rings. The lowest BCUT2D eigenvalue weighted by molar-refractivity contribution is -0.0516. The standard InChI is InChI=1S/C16H19FN2O/c1-19-12-3-4-13(19)10-16(20,9-12)14-8-11(6-7-18)2-5-15(14)17/h2,5,8,12-13,20H,3-4,6,9-10H2,1H3. The van der Waals surface area contributed by atoms with E-state index in [2.05, 4.69) is 18.0 Å². The van der Waals surface area contributed by atoms with E-state index in [1.54, 1.807) is 12.1 Å². The molecule has 3 nitrogen and oxygen atoms in total. The van der Waals surface area contributed by atoms with Crippen LogP contribution in [0.25, 0.3) is 0 Å². The largest absolute Gasteiger partial charge is 0.385 e. The van der Waals surface area contributed by atoms with Gasteiger partial charge in [-0.05, 0) is 50.4 Å². The van der Waals surface area contributed by atoms with Crippen molar-refractivity contribution in [2.24, 2.45) is 0 Å². The van der Waals surface area contributed by atoms with Crippen molar-refractivity contribution in [1.29, 1.82) is 5.26 Å². The number of benzene rings is 1. The lowest BCUT2D eigenvalue weighted by Crippen LogP contribution is -2.48. The number of fused-ring (bicyclic) bond motifs is 2. The predicted octanol–water partition coefficient (Wildman–Crippen LogP) is 2.34. The van der Waals surface area contributed by atoms with Crippen LogP contribution in [0.4, 0.5) is 4.39 Å². The second-order valence-corrected chi connectivity index (χ2v) is 6.14. The number of aliphatic hydroxyl groups is 1. The number of rotatable bonds is 2. The SMILES string of the molecule is CN1C2CCC1CC(O)(c1cc(CC#N)ccc1F)C2. The Kier molecular flexibility index (Phi) is 3.27. The first-order chi connectivity index (χ1) is 9.53. The molecule has 0 aromatic heterocycles. The number of piperidine rings is 1. The van der Waals surface area contributed by atoms with Crippen LogP contribution in [0, 0.1) is 17.1 Å². The topological polar surface area (TPSA) is 47.3 Å². The summed E-state index contributed by atoms with van der Waals surface area (Å²) >= 11 is 0. The summed E-state index contributed by atoms with van der Waals surface area (Å²) in [6, 6.07) is 7.40. The van der Waals surface area contributed by atoms with E-state index in [0.717, 1.165) is 18.4 Å². The molecule has 2 saturated heterocycles. The lowest BCUT2D eigenvalue weighted by Gasteiger charge is -2.42. The van der Waals surface area contributed by atoms with Crippen LogP contribution in [0.2, 0.25) is 0 Å². The average molecular weight is 274 g/mol. The van der Waals surface area contributed by atoms with E-state index in [-0.39, 0.29) is 12.2 Å². The quantitative estimate of drug-likeness (QED) is 0.900. The van der Waals surface area contributed by atoms with Crippen LogP contribution in [0.5, 0.6) is 0 Å². The van der Waals surface area contributed by atoms with Gasteiger partial charge in [0.05, 0.1) is 18.1 Å². The fourth-order valence-corrected chi connectivity index (χ4v) is 3.80. The number of nitrogens with zero attached hydrogens (tertiary/aromatic N) is 2. The molecule has 0 radical (unpaired) electrons. The van der Waals surface area contributed by atoms with Crippen molar-refractivity contribution in [1.82, 2.24) is 4.90 Å². The van der Waals surface area contributed by atoms with Crippen molar-refractivity contribution in [2.45, 2.75) is 49.8 Å². The Morgan fingerprint density at radius 3 is 2.65 bits per heavy atom. The summed E-state index contributed by atoms with van der Waals surface area (Å²) < 4.78 is 14.2. The zero-order valence-corrected chi connectivity index (χ0v) is 11.6. The zero-order valence-electron chi connectivity index (χ0n) is 11.6. The minimum atomic E-state index is -1.09. The van der Waals surface area contributed by atoms with E-state index < -0.39 is 5.60 Å². The predicted molar refractivity (Wildman–Crippen MR) is 73.4 cm³/mol. The molecule has 2 bridgehead atoms. The molecule has 1 N–H and O–H groups in total. The van der Waals surface area contributed by atoms with E-state index in [1.807, 2.05) is 0 Å².